The number of hydrogen-bond acceptors (Lipinski definition) is 4. The molecule has 0 amide bonds. The van der Waals surface area contributed by atoms with Gasteiger partial charge in [-0.15, -0.1) is 0 Å². The van der Waals surface area contributed by atoms with E-state index < -0.39 is 0 Å². The zero-order valence-electron chi connectivity index (χ0n) is 30.8. The van der Waals surface area contributed by atoms with Crippen molar-refractivity contribution >= 4 is 43.6 Å². The van der Waals surface area contributed by atoms with Crippen LogP contribution in [0.1, 0.15) is 0 Å². The number of para-hydroxylation sites is 2. The van der Waals surface area contributed by atoms with Gasteiger partial charge in [0.15, 0.2) is 5.82 Å². The summed E-state index contributed by atoms with van der Waals surface area (Å²) in [4.78, 5) is 15.8. The van der Waals surface area contributed by atoms with Gasteiger partial charge in [-0.25, -0.2) is 15.0 Å². The summed E-state index contributed by atoms with van der Waals surface area (Å²) in [6.45, 7) is 0. The lowest BCUT2D eigenvalue weighted by Crippen LogP contribution is -1.97. The van der Waals surface area contributed by atoms with E-state index >= 15 is 0 Å². The van der Waals surface area contributed by atoms with Gasteiger partial charge < -0.3 is 4.42 Å². The number of nitrogens with zero attached hydrogens (tertiary/aromatic N) is 3. The Morgan fingerprint density at radius 2 is 0.912 bits per heavy atom. The number of rotatable bonds is 6. The first-order chi connectivity index (χ1) is 28.2. The van der Waals surface area contributed by atoms with Crippen LogP contribution in [0.15, 0.2) is 205 Å². The van der Waals surface area contributed by atoms with Gasteiger partial charge in [0.25, 0.3) is 0 Å². The minimum absolute atomic E-state index is 0.667. The van der Waals surface area contributed by atoms with E-state index in [4.69, 9.17) is 19.4 Å². The van der Waals surface area contributed by atoms with E-state index in [9.17, 15) is 0 Å². The second-order valence-electron chi connectivity index (χ2n) is 14.4. The van der Waals surface area contributed by atoms with Gasteiger partial charge in [0.2, 0.25) is 0 Å². The first-order valence-electron chi connectivity index (χ1n) is 19.2. The van der Waals surface area contributed by atoms with E-state index in [0.29, 0.717) is 5.82 Å². The van der Waals surface area contributed by atoms with Crippen LogP contribution in [0.2, 0.25) is 0 Å². The Morgan fingerprint density at radius 1 is 0.333 bits per heavy atom. The molecule has 4 nitrogen and oxygen atoms in total. The number of benzene rings is 8. The van der Waals surface area contributed by atoms with Gasteiger partial charge in [-0.1, -0.05) is 158 Å². The maximum Gasteiger partial charge on any atom is 0.160 e. The Hall–Kier alpha value is -7.69. The van der Waals surface area contributed by atoms with Crippen molar-refractivity contribution in [1.29, 1.82) is 0 Å². The second kappa shape index (κ2) is 13.6. The number of pyridine rings is 1. The number of fused-ring (bicyclic) bond motifs is 6. The van der Waals surface area contributed by atoms with Crippen molar-refractivity contribution in [2.24, 2.45) is 0 Å². The van der Waals surface area contributed by atoms with Gasteiger partial charge >= 0.3 is 0 Å². The van der Waals surface area contributed by atoms with Crippen LogP contribution in [-0.2, 0) is 0 Å². The molecule has 4 heteroatoms. The molecular weight excluding hydrogens is 695 g/mol. The predicted molar refractivity (Wildman–Crippen MR) is 235 cm³/mol. The smallest absolute Gasteiger partial charge is 0.160 e. The van der Waals surface area contributed by atoms with E-state index in [1.807, 2.05) is 48.5 Å². The van der Waals surface area contributed by atoms with Crippen LogP contribution in [0.4, 0.5) is 0 Å². The summed E-state index contributed by atoms with van der Waals surface area (Å²) < 4.78 is 6.62. The number of furan rings is 1. The minimum Gasteiger partial charge on any atom is -0.455 e. The van der Waals surface area contributed by atoms with Crippen molar-refractivity contribution in [3.63, 3.8) is 0 Å². The monoisotopic (exact) mass is 727 g/mol. The maximum absolute atomic E-state index is 6.62. The van der Waals surface area contributed by atoms with E-state index in [1.165, 1.54) is 10.8 Å². The van der Waals surface area contributed by atoms with Gasteiger partial charge in [-0.3, -0.25) is 0 Å². The first-order valence-corrected chi connectivity index (χ1v) is 19.2. The zero-order valence-corrected chi connectivity index (χ0v) is 30.8. The molecule has 57 heavy (non-hydrogen) atoms. The van der Waals surface area contributed by atoms with Gasteiger partial charge in [-0.05, 0) is 69.9 Å². The molecule has 11 aromatic rings. The van der Waals surface area contributed by atoms with Crippen molar-refractivity contribution in [1.82, 2.24) is 15.0 Å². The van der Waals surface area contributed by atoms with Crippen LogP contribution in [-0.4, -0.2) is 15.0 Å². The molecule has 0 radical (unpaired) electrons. The van der Waals surface area contributed by atoms with Crippen molar-refractivity contribution in [2.75, 3.05) is 0 Å². The molecule has 266 valence electrons. The zero-order chi connectivity index (χ0) is 37.7. The summed E-state index contributed by atoms with van der Waals surface area (Å²) >= 11 is 0. The summed E-state index contributed by atoms with van der Waals surface area (Å²) in [6.07, 6.45) is 0. The second-order valence-corrected chi connectivity index (χ2v) is 14.4. The molecular formula is C53H33N3O. The van der Waals surface area contributed by atoms with E-state index in [0.717, 1.165) is 94.4 Å². The van der Waals surface area contributed by atoms with Gasteiger partial charge in [-0.2, -0.15) is 0 Å². The maximum atomic E-state index is 6.62. The molecule has 11 rings (SSSR count). The van der Waals surface area contributed by atoms with Crippen LogP contribution in [0, 0.1) is 0 Å². The summed E-state index contributed by atoms with van der Waals surface area (Å²) in [5.41, 5.74) is 13.4. The lowest BCUT2D eigenvalue weighted by Gasteiger charge is -2.15. The van der Waals surface area contributed by atoms with E-state index in [1.54, 1.807) is 0 Å². The van der Waals surface area contributed by atoms with Crippen LogP contribution < -0.4 is 0 Å². The van der Waals surface area contributed by atoms with E-state index in [-0.39, 0.29) is 0 Å². The lowest BCUT2D eigenvalue weighted by molar-refractivity contribution is 0.670. The summed E-state index contributed by atoms with van der Waals surface area (Å²) in [5, 5.41) is 5.69. The molecule has 0 saturated carbocycles. The standard InChI is InChI=1S/C53H33N3O/c1-4-15-34(16-5-1)45-32-47(54-46-28-27-35-17-10-11-22-41(35)51(45)46)39-29-38(42-24-14-25-44-43-23-12-13-26-50(43)57-52(42)44)30-40(31-39)49-33-48(36-18-6-2-7-19-36)55-53(56-49)37-20-8-3-9-21-37/h1-33H. The molecule has 3 heterocycles. The molecule has 0 unspecified atom stereocenters. The molecule has 0 fully saturated rings. The minimum atomic E-state index is 0.667. The largest absolute Gasteiger partial charge is 0.455 e. The molecule has 0 saturated heterocycles. The molecule has 0 N–H and O–H groups in total. The Kier molecular flexibility index (Phi) is 7.78. The normalized spacial score (nSPS) is 11.5. The summed E-state index contributed by atoms with van der Waals surface area (Å²) in [5.74, 6) is 0.667. The third-order valence-corrected chi connectivity index (χ3v) is 10.9. The molecule has 3 aromatic heterocycles. The first kappa shape index (κ1) is 32.7. The highest BCUT2D eigenvalue weighted by Gasteiger charge is 2.19. The average molecular weight is 728 g/mol. The molecule has 0 spiro atoms. The predicted octanol–water partition coefficient (Wildman–Crippen LogP) is 14.1. The SMILES string of the molecule is c1ccc(-c2cc(-c3cc(-c4cc(-c5ccccc5)c5c(ccc6ccccc65)n4)cc(-c4cccc5c4oc4ccccc45)c3)nc(-c3ccccc3)n2)cc1. The molecule has 0 atom stereocenters. The fourth-order valence-electron chi connectivity index (χ4n) is 8.12. The van der Waals surface area contributed by atoms with Crippen molar-refractivity contribution in [3.8, 4) is 67.4 Å². The van der Waals surface area contributed by atoms with Crippen LogP contribution in [0.5, 0.6) is 0 Å². The Balaban J connectivity index is 1.20. The summed E-state index contributed by atoms with van der Waals surface area (Å²) in [7, 11) is 0. The highest BCUT2D eigenvalue weighted by Crippen LogP contribution is 2.42. The van der Waals surface area contributed by atoms with E-state index in [2.05, 4.69) is 152 Å². The summed E-state index contributed by atoms with van der Waals surface area (Å²) in [6, 6.07) is 69.7. The van der Waals surface area contributed by atoms with Crippen molar-refractivity contribution in [2.45, 2.75) is 0 Å². The van der Waals surface area contributed by atoms with Gasteiger partial charge in [0, 0.05) is 44.0 Å². The van der Waals surface area contributed by atoms with Crippen LogP contribution >= 0.6 is 0 Å². The van der Waals surface area contributed by atoms with Gasteiger partial charge in [0.1, 0.15) is 11.2 Å². The van der Waals surface area contributed by atoms with Gasteiger partial charge in [0.05, 0.1) is 22.6 Å². The fourth-order valence-corrected chi connectivity index (χ4v) is 8.12. The van der Waals surface area contributed by atoms with Crippen LogP contribution in [0.3, 0.4) is 0 Å². The third kappa shape index (κ3) is 5.83. The molecule has 8 aromatic carbocycles. The average Bonchev–Trinajstić information content (AvgIpc) is 3.68. The van der Waals surface area contributed by atoms with Crippen LogP contribution in [0.25, 0.3) is 111 Å². The number of aromatic nitrogens is 3. The number of hydrogen-bond donors (Lipinski definition) is 0. The molecule has 0 aliphatic heterocycles. The lowest BCUT2D eigenvalue weighted by atomic mass is 9.92. The van der Waals surface area contributed by atoms with Crippen molar-refractivity contribution < 1.29 is 4.42 Å². The quantitative estimate of drug-likeness (QED) is 0.160. The van der Waals surface area contributed by atoms with Crippen molar-refractivity contribution in [3.05, 3.63) is 200 Å². The Bertz CT molecular complexity index is 3220. The Labute approximate surface area is 329 Å². The topological polar surface area (TPSA) is 51.8 Å². The molecule has 0 bridgehead atoms. The highest BCUT2D eigenvalue weighted by atomic mass is 16.3. The highest BCUT2D eigenvalue weighted by molar-refractivity contribution is 6.14. The molecule has 0 aliphatic carbocycles. The molecule has 0 aliphatic rings. The Morgan fingerprint density at radius 3 is 1.67 bits per heavy atom. The fraction of sp³-hybridized carbons (Fsp3) is 0. The third-order valence-electron chi connectivity index (χ3n) is 10.9.